The summed E-state index contributed by atoms with van der Waals surface area (Å²) in [6.45, 7) is 0. The van der Waals surface area contributed by atoms with Crippen LogP contribution in [0.25, 0.3) is 0 Å². The summed E-state index contributed by atoms with van der Waals surface area (Å²) >= 11 is 5.91. The first-order valence-corrected chi connectivity index (χ1v) is 8.36. The number of methoxy groups -OCH3 is 1. The fraction of sp³-hybridized carbons (Fsp3) is 0.200. The molecular formula is C15H16ClNO3S. The molecule has 6 heteroatoms. The number of nitrogens with one attached hydrogen (secondary N) is 1. The third-order valence-corrected chi connectivity index (χ3v) is 4.82. The molecule has 0 saturated heterocycles. The van der Waals surface area contributed by atoms with E-state index in [4.69, 9.17) is 16.3 Å². The Balaban J connectivity index is 2.22. The van der Waals surface area contributed by atoms with Gasteiger partial charge in [0.05, 0.1) is 18.0 Å². The predicted octanol–water partition coefficient (Wildman–Crippen LogP) is 2.95. The van der Waals surface area contributed by atoms with Crippen LogP contribution in [0.4, 0.5) is 0 Å². The maximum atomic E-state index is 12.3. The van der Waals surface area contributed by atoms with E-state index in [1.54, 1.807) is 61.7 Å². The lowest BCUT2D eigenvalue weighted by atomic mass is 10.1. The molecule has 0 aromatic heterocycles. The lowest BCUT2D eigenvalue weighted by molar-refractivity contribution is 0.414. The summed E-state index contributed by atoms with van der Waals surface area (Å²) < 4.78 is 32.3. The van der Waals surface area contributed by atoms with E-state index in [9.17, 15) is 8.42 Å². The van der Waals surface area contributed by atoms with Crippen molar-refractivity contribution in [3.05, 3.63) is 60.2 Å². The van der Waals surface area contributed by atoms with Crippen LogP contribution in [0.3, 0.4) is 0 Å². The molecule has 0 spiro atoms. The Hall–Kier alpha value is -1.56. The van der Waals surface area contributed by atoms with Crippen LogP contribution in [0.1, 0.15) is 11.6 Å². The van der Waals surface area contributed by atoms with E-state index in [1.807, 2.05) is 0 Å². The van der Waals surface area contributed by atoms with Crippen LogP contribution >= 0.6 is 11.6 Å². The van der Waals surface area contributed by atoms with Gasteiger partial charge in [0.1, 0.15) is 5.75 Å². The van der Waals surface area contributed by atoms with E-state index in [2.05, 4.69) is 4.72 Å². The van der Waals surface area contributed by atoms with Crippen molar-refractivity contribution in [1.29, 1.82) is 0 Å². The summed E-state index contributed by atoms with van der Waals surface area (Å²) in [6, 6.07) is 14.8. The van der Waals surface area contributed by atoms with Crippen molar-refractivity contribution in [2.45, 2.75) is 10.9 Å². The highest BCUT2D eigenvalue weighted by molar-refractivity contribution is 7.89. The van der Waals surface area contributed by atoms with Crippen molar-refractivity contribution >= 4 is 21.6 Å². The third kappa shape index (κ3) is 3.97. The minimum atomic E-state index is -3.60. The Kier molecular flexibility index (Phi) is 5.22. The summed E-state index contributed by atoms with van der Waals surface area (Å²) in [5.41, 5.74) is 0.783. The molecule has 0 radical (unpaired) electrons. The molecule has 1 unspecified atom stereocenters. The highest BCUT2D eigenvalue weighted by Crippen LogP contribution is 2.21. The van der Waals surface area contributed by atoms with Gasteiger partial charge in [0, 0.05) is 5.88 Å². The highest BCUT2D eigenvalue weighted by atomic mass is 35.5. The Morgan fingerprint density at radius 2 is 1.71 bits per heavy atom. The topological polar surface area (TPSA) is 55.4 Å². The first-order chi connectivity index (χ1) is 10.1. The fourth-order valence-electron chi connectivity index (χ4n) is 1.88. The standard InChI is InChI=1S/C15H16ClNO3S/c1-20-13-9-7-12(8-10-13)15(11-16)17-21(18,19)14-5-3-2-4-6-14/h2-10,15,17H,11H2,1H3. The molecule has 1 atom stereocenters. The molecular weight excluding hydrogens is 310 g/mol. The van der Waals surface area contributed by atoms with Crippen LogP contribution in [-0.4, -0.2) is 21.4 Å². The van der Waals surface area contributed by atoms with Crippen LogP contribution in [-0.2, 0) is 10.0 Å². The molecule has 2 aromatic rings. The van der Waals surface area contributed by atoms with E-state index < -0.39 is 16.1 Å². The van der Waals surface area contributed by atoms with Crippen molar-refractivity contribution < 1.29 is 13.2 Å². The van der Waals surface area contributed by atoms with Crippen LogP contribution in [0.5, 0.6) is 5.75 Å². The zero-order chi connectivity index (χ0) is 15.3. The average molecular weight is 326 g/mol. The third-order valence-electron chi connectivity index (χ3n) is 3.02. The summed E-state index contributed by atoms with van der Waals surface area (Å²) in [7, 11) is -2.03. The second kappa shape index (κ2) is 6.93. The number of halogens is 1. The molecule has 21 heavy (non-hydrogen) atoms. The molecule has 0 aliphatic carbocycles. The molecule has 2 rings (SSSR count). The Morgan fingerprint density at radius 1 is 1.10 bits per heavy atom. The molecule has 0 fully saturated rings. The highest BCUT2D eigenvalue weighted by Gasteiger charge is 2.20. The van der Waals surface area contributed by atoms with Crippen molar-refractivity contribution in [2.24, 2.45) is 0 Å². The lowest BCUT2D eigenvalue weighted by Gasteiger charge is -2.17. The van der Waals surface area contributed by atoms with Gasteiger partial charge in [0.25, 0.3) is 0 Å². The molecule has 0 amide bonds. The number of alkyl halides is 1. The monoisotopic (exact) mass is 325 g/mol. The van der Waals surface area contributed by atoms with E-state index in [0.29, 0.717) is 5.75 Å². The Bertz CT molecular complexity index is 672. The minimum absolute atomic E-state index is 0.137. The Labute approximate surface area is 129 Å². The average Bonchev–Trinajstić information content (AvgIpc) is 2.53. The second-order valence-corrected chi connectivity index (χ2v) is 6.44. The van der Waals surface area contributed by atoms with Crippen LogP contribution in [0, 0.1) is 0 Å². The van der Waals surface area contributed by atoms with Crippen LogP contribution < -0.4 is 9.46 Å². The number of ether oxygens (including phenoxy) is 1. The second-order valence-electron chi connectivity index (χ2n) is 4.41. The first kappa shape index (κ1) is 15.8. The maximum Gasteiger partial charge on any atom is 0.241 e. The molecule has 0 saturated carbocycles. The van der Waals surface area contributed by atoms with E-state index in [0.717, 1.165) is 5.56 Å². The van der Waals surface area contributed by atoms with E-state index >= 15 is 0 Å². The van der Waals surface area contributed by atoms with E-state index in [-0.39, 0.29) is 10.8 Å². The number of hydrogen-bond acceptors (Lipinski definition) is 3. The predicted molar refractivity (Wildman–Crippen MR) is 83.2 cm³/mol. The van der Waals surface area contributed by atoms with Crippen LogP contribution in [0.15, 0.2) is 59.5 Å². The number of benzene rings is 2. The van der Waals surface area contributed by atoms with Gasteiger partial charge in [-0.3, -0.25) is 0 Å². The van der Waals surface area contributed by atoms with Gasteiger partial charge in [-0.25, -0.2) is 13.1 Å². The van der Waals surface area contributed by atoms with Gasteiger partial charge in [0.15, 0.2) is 0 Å². The smallest absolute Gasteiger partial charge is 0.241 e. The number of hydrogen-bond donors (Lipinski definition) is 1. The van der Waals surface area contributed by atoms with Crippen molar-refractivity contribution in [3.63, 3.8) is 0 Å². The largest absolute Gasteiger partial charge is 0.497 e. The zero-order valence-corrected chi connectivity index (χ0v) is 13.1. The molecule has 4 nitrogen and oxygen atoms in total. The first-order valence-electron chi connectivity index (χ1n) is 6.34. The quantitative estimate of drug-likeness (QED) is 0.831. The maximum absolute atomic E-state index is 12.3. The molecule has 112 valence electrons. The molecule has 0 aliphatic heterocycles. The molecule has 0 bridgehead atoms. The van der Waals surface area contributed by atoms with Gasteiger partial charge >= 0.3 is 0 Å². The van der Waals surface area contributed by atoms with E-state index in [1.165, 1.54) is 0 Å². The molecule has 0 aliphatic rings. The van der Waals surface area contributed by atoms with Crippen molar-refractivity contribution in [1.82, 2.24) is 4.72 Å². The van der Waals surface area contributed by atoms with Crippen LogP contribution in [0.2, 0.25) is 0 Å². The van der Waals surface area contributed by atoms with Gasteiger partial charge < -0.3 is 4.74 Å². The van der Waals surface area contributed by atoms with Gasteiger partial charge in [-0.15, -0.1) is 11.6 Å². The lowest BCUT2D eigenvalue weighted by Crippen LogP contribution is -2.29. The fourth-order valence-corrected chi connectivity index (χ4v) is 3.47. The summed E-state index contributed by atoms with van der Waals surface area (Å²) in [4.78, 5) is 0.216. The molecule has 0 heterocycles. The summed E-state index contributed by atoms with van der Waals surface area (Å²) in [6.07, 6.45) is 0. The minimum Gasteiger partial charge on any atom is -0.497 e. The van der Waals surface area contributed by atoms with Gasteiger partial charge in [-0.2, -0.15) is 0 Å². The Morgan fingerprint density at radius 3 is 2.24 bits per heavy atom. The van der Waals surface area contributed by atoms with Crippen molar-refractivity contribution in [3.8, 4) is 5.75 Å². The molecule has 1 N–H and O–H groups in total. The SMILES string of the molecule is COc1ccc(C(CCl)NS(=O)(=O)c2ccccc2)cc1. The molecule has 2 aromatic carbocycles. The van der Waals surface area contributed by atoms with Crippen molar-refractivity contribution in [2.75, 3.05) is 13.0 Å². The number of rotatable bonds is 6. The zero-order valence-electron chi connectivity index (χ0n) is 11.5. The van der Waals surface area contributed by atoms with Gasteiger partial charge in [0.2, 0.25) is 10.0 Å². The summed E-state index contributed by atoms with van der Waals surface area (Å²) in [5, 5.41) is 0. The van der Waals surface area contributed by atoms with Gasteiger partial charge in [-0.05, 0) is 29.8 Å². The van der Waals surface area contributed by atoms with Gasteiger partial charge in [-0.1, -0.05) is 30.3 Å². The summed E-state index contributed by atoms with van der Waals surface area (Å²) in [5.74, 6) is 0.844. The number of sulfonamides is 1. The normalized spacial score (nSPS) is 12.9.